The second-order valence-electron chi connectivity index (χ2n) is 5.34. The molecule has 25 heavy (non-hydrogen) atoms. The molecule has 3 aromatic rings. The van der Waals surface area contributed by atoms with Crippen LogP contribution in [0, 0.1) is 0 Å². The van der Waals surface area contributed by atoms with Crippen LogP contribution in [-0.2, 0) is 10.0 Å². The van der Waals surface area contributed by atoms with Crippen LogP contribution in [0.3, 0.4) is 0 Å². The minimum atomic E-state index is -3.67. The van der Waals surface area contributed by atoms with Crippen molar-refractivity contribution in [2.24, 2.45) is 0 Å². The number of ether oxygens (including phenoxy) is 1. The average molecular weight is 359 g/mol. The van der Waals surface area contributed by atoms with Crippen LogP contribution in [-0.4, -0.2) is 25.7 Å². The van der Waals surface area contributed by atoms with Crippen molar-refractivity contribution in [1.29, 1.82) is 0 Å². The summed E-state index contributed by atoms with van der Waals surface area (Å²) >= 11 is 0. The van der Waals surface area contributed by atoms with Crippen molar-refractivity contribution in [3.8, 4) is 17.1 Å². The Morgan fingerprint density at radius 3 is 2.40 bits per heavy atom. The molecule has 8 heteroatoms. The van der Waals surface area contributed by atoms with Gasteiger partial charge in [-0.1, -0.05) is 23.4 Å². The maximum atomic E-state index is 12.3. The lowest BCUT2D eigenvalue weighted by Crippen LogP contribution is -2.27. The molecule has 0 fully saturated rings. The van der Waals surface area contributed by atoms with Gasteiger partial charge < -0.3 is 9.26 Å². The normalized spacial score (nSPS) is 12.7. The van der Waals surface area contributed by atoms with Crippen LogP contribution in [0.4, 0.5) is 0 Å². The predicted octanol–water partition coefficient (Wildman–Crippen LogP) is 2.78. The predicted molar refractivity (Wildman–Crippen MR) is 91.5 cm³/mol. The molecule has 0 spiro atoms. The number of nitrogens with one attached hydrogen (secondary N) is 1. The highest BCUT2D eigenvalue weighted by atomic mass is 32.2. The molecule has 1 heterocycles. The SMILES string of the molecule is COc1ccc(-c2noc(C(C)NS(=O)(=O)c3ccccc3)n2)cc1. The number of methoxy groups -OCH3 is 1. The van der Waals surface area contributed by atoms with Gasteiger partial charge in [-0.3, -0.25) is 0 Å². The zero-order valence-electron chi connectivity index (χ0n) is 13.7. The molecule has 0 saturated carbocycles. The fourth-order valence-electron chi connectivity index (χ4n) is 2.22. The minimum Gasteiger partial charge on any atom is -0.497 e. The fraction of sp³-hybridized carbons (Fsp3) is 0.176. The topological polar surface area (TPSA) is 94.3 Å². The van der Waals surface area contributed by atoms with Gasteiger partial charge in [-0.25, -0.2) is 8.42 Å². The van der Waals surface area contributed by atoms with Gasteiger partial charge in [0.15, 0.2) is 0 Å². The van der Waals surface area contributed by atoms with E-state index >= 15 is 0 Å². The molecule has 0 saturated heterocycles. The van der Waals surface area contributed by atoms with E-state index in [0.717, 1.165) is 11.3 Å². The molecule has 0 aliphatic carbocycles. The quantitative estimate of drug-likeness (QED) is 0.727. The van der Waals surface area contributed by atoms with E-state index in [4.69, 9.17) is 9.26 Å². The van der Waals surface area contributed by atoms with Crippen molar-refractivity contribution in [3.05, 3.63) is 60.5 Å². The lowest BCUT2D eigenvalue weighted by Gasteiger charge is -2.10. The van der Waals surface area contributed by atoms with Crippen molar-refractivity contribution in [2.75, 3.05) is 7.11 Å². The maximum Gasteiger partial charge on any atom is 0.244 e. The molecule has 1 N–H and O–H groups in total. The average Bonchev–Trinajstić information content (AvgIpc) is 3.12. The molecule has 7 nitrogen and oxygen atoms in total. The van der Waals surface area contributed by atoms with Crippen LogP contribution in [0.25, 0.3) is 11.4 Å². The monoisotopic (exact) mass is 359 g/mol. The third kappa shape index (κ3) is 3.86. The molecule has 0 aliphatic heterocycles. The van der Waals surface area contributed by atoms with Crippen LogP contribution in [0.5, 0.6) is 5.75 Å². The van der Waals surface area contributed by atoms with Crippen molar-refractivity contribution in [1.82, 2.24) is 14.9 Å². The first-order valence-electron chi connectivity index (χ1n) is 7.55. The molecule has 0 bridgehead atoms. The second kappa shape index (κ2) is 7.04. The van der Waals surface area contributed by atoms with Gasteiger partial charge in [0, 0.05) is 5.56 Å². The summed E-state index contributed by atoms with van der Waals surface area (Å²) in [4.78, 5) is 4.45. The van der Waals surface area contributed by atoms with E-state index in [1.54, 1.807) is 56.5 Å². The van der Waals surface area contributed by atoms with E-state index in [-0.39, 0.29) is 10.8 Å². The molecule has 1 aromatic heterocycles. The first-order valence-corrected chi connectivity index (χ1v) is 9.03. The molecule has 0 radical (unpaired) electrons. The van der Waals surface area contributed by atoms with Crippen LogP contribution >= 0.6 is 0 Å². The Hall–Kier alpha value is -2.71. The first-order chi connectivity index (χ1) is 12.0. The molecule has 0 amide bonds. The van der Waals surface area contributed by atoms with Gasteiger partial charge in [0.05, 0.1) is 18.0 Å². The Morgan fingerprint density at radius 1 is 1.08 bits per heavy atom. The molecule has 0 aliphatic rings. The van der Waals surface area contributed by atoms with E-state index in [1.165, 1.54) is 12.1 Å². The number of nitrogens with zero attached hydrogens (tertiary/aromatic N) is 2. The van der Waals surface area contributed by atoms with Crippen molar-refractivity contribution >= 4 is 10.0 Å². The van der Waals surface area contributed by atoms with E-state index in [2.05, 4.69) is 14.9 Å². The summed E-state index contributed by atoms with van der Waals surface area (Å²) in [5.41, 5.74) is 0.744. The summed E-state index contributed by atoms with van der Waals surface area (Å²) in [7, 11) is -2.08. The molecular formula is C17H17N3O4S. The Labute approximate surface area is 145 Å². The van der Waals surface area contributed by atoms with Gasteiger partial charge in [-0.05, 0) is 43.3 Å². The molecule has 130 valence electrons. The zero-order chi connectivity index (χ0) is 17.9. The number of sulfonamides is 1. The summed E-state index contributed by atoms with van der Waals surface area (Å²) in [6, 6.07) is 14.6. The van der Waals surface area contributed by atoms with Crippen LogP contribution in [0.1, 0.15) is 18.9 Å². The number of hydrogen-bond donors (Lipinski definition) is 1. The van der Waals surface area contributed by atoms with Gasteiger partial charge in [0.2, 0.25) is 21.7 Å². The number of benzene rings is 2. The van der Waals surface area contributed by atoms with Gasteiger partial charge in [-0.15, -0.1) is 0 Å². The van der Waals surface area contributed by atoms with Crippen LogP contribution in [0.15, 0.2) is 64.0 Å². The largest absolute Gasteiger partial charge is 0.497 e. The smallest absolute Gasteiger partial charge is 0.244 e. The van der Waals surface area contributed by atoms with E-state index < -0.39 is 16.1 Å². The highest BCUT2D eigenvalue weighted by molar-refractivity contribution is 7.89. The summed E-state index contributed by atoms with van der Waals surface area (Å²) in [6.45, 7) is 1.64. The lowest BCUT2D eigenvalue weighted by molar-refractivity contribution is 0.354. The van der Waals surface area contributed by atoms with Crippen molar-refractivity contribution in [3.63, 3.8) is 0 Å². The highest BCUT2D eigenvalue weighted by Gasteiger charge is 2.22. The van der Waals surface area contributed by atoms with Gasteiger partial charge >= 0.3 is 0 Å². The Kier molecular flexibility index (Phi) is 4.82. The molecule has 3 rings (SSSR count). The Bertz CT molecular complexity index is 938. The van der Waals surface area contributed by atoms with E-state index in [0.29, 0.717) is 5.82 Å². The molecule has 1 atom stereocenters. The summed E-state index contributed by atoms with van der Waals surface area (Å²) in [5.74, 6) is 1.28. The van der Waals surface area contributed by atoms with Gasteiger partial charge in [-0.2, -0.15) is 9.71 Å². The summed E-state index contributed by atoms with van der Waals surface area (Å²) in [6.07, 6.45) is 0. The summed E-state index contributed by atoms with van der Waals surface area (Å²) in [5, 5.41) is 3.90. The van der Waals surface area contributed by atoms with Crippen LogP contribution in [0.2, 0.25) is 0 Å². The Balaban J connectivity index is 1.77. The molecule has 1 unspecified atom stereocenters. The zero-order valence-corrected chi connectivity index (χ0v) is 14.5. The molecule has 2 aromatic carbocycles. The highest BCUT2D eigenvalue weighted by Crippen LogP contribution is 2.22. The minimum absolute atomic E-state index is 0.178. The number of rotatable bonds is 6. The van der Waals surface area contributed by atoms with E-state index in [1.807, 2.05) is 0 Å². The van der Waals surface area contributed by atoms with Crippen LogP contribution < -0.4 is 9.46 Å². The fourth-order valence-corrected chi connectivity index (χ4v) is 3.44. The van der Waals surface area contributed by atoms with Crippen molar-refractivity contribution < 1.29 is 17.7 Å². The maximum absolute atomic E-state index is 12.3. The standard InChI is InChI=1S/C17H17N3O4S/c1-12(20-25(21,22)15-6-4-3-5-7-15)17-18-16(19-24-17)13-8-10-14(23-2)11-9-13/h3-12,20H,1-2H3. The Morgan fingerprint density at radius 2 is 1.76 bits per heavy atom. The second-order valence-corrected chi connectivity index (χ2v) is 7.05. The van der Waals surface area contributed by atoms with Crippen molar-refractivity contribution in [2.45, 2.75) is 17.9 Å². The van der Waals surface area contributed by atoms with Gasteiger partial charge in [0.1, 0.15) is 5.75 Å². The third-order valence-electron chi connectivity index (χ3n) is 3.55. The lowest BCUT2D eigenvalue weighted by atomic mass is 10.2. The number of aromatic nitrogens is 2. The van der Waals surface area contributed by atoms with E-state index in [9.17, 15) is 8.42 Å². The first kappa shape index (κ1) is 17.1. The number of hydrogen-bond acceptors (Lipinski definition) is 6. The third-order valence-corrected chi connectivity index (χ3v) is 5.10. The summed E-state index contributed by atoms with van der Waals surface area (Å²) < 4.78 is 37.5. The molecular weight excluding hydrogens is 342 g/mol. The van der Waals surface area contributed by atoms with Gasteiger partial charge in [0.25, 0.3) is 0 Å².